The Bertz CT molecular complexity index is 2360. The van der Waals surface area contributed by atoms with Gasteiger partial charge in [-0.15, -0.1) is 5.10 Å². The van der Waals surface area contributed by atoms with Crippen molar-refractivity contribution in [3.8, 4) is 28.4 Å². The molecule has 0 aliphatic carbocycles. The lowest BCUT2D eigenvalue weighted by molar-refractivity contribution is 0.306. The van der Waals surface area contributed by atoms with E-state index < -0.39 is 0 Å². The van der Waals surface area contributed by atoms with Gasteiger partial charge in [-0.05, 0) is 60.2 Å². The van der Waals surface area contributed by atoms with Gasteiger partial charge in [0.1, 0.15) is 30.4 Å². The molecule has 0 radical (unpaired) electrons. The zero-order valence-electron chi connectivity index (χ0n) is 25.6. The molecule has 0 amide bonds. The molecule has 3 heterocycles. The summed E-state index contributed by atoms with van der Waals surface area (Å²) in [7, 11) is 0. The number of nitrogens with zero attached hydrogens (tertiary/aromatic N) is 5. The first kappa shape index (κ1) is 30.9. The molecule has 0 aliphatic heterocycles. The Balaban J connectivity index is 1.19. The minimum atomic E-state index is -0.249. The lowest BCUT2D eigenvalue weighted by Crippen LogP contribution is -2.23. The van der Waals surface area contributed by atoms with Gasteiger partial charge in [-0.2, -0.15) is 14.6 Å². The number of fused-ring (bicyclic) bond motifs is 1. The highest BCUT2D eigenvalue weighted by Gasteiger charge is 2.15. The molecule has 7 aromatic rings. The van der Waals surface area contributed by atoms with E-state index in [0.717, 1.165) is 33.7 Å². The number of rotatable bonds is 11. The van der Waals surface area contributed by atoms with Crippen LogP contribution in [0.15, 0.2) is 127 Å². The monoisotopic (exact) mass is 669 g/mol. The van der Waals surface area contributed by atoms with Crippen molar-refractivity contribution in [3.63, 3.8) is 0 Å². The molecule has 7 rings (SSSR count). The summed E-state index contributed by atoms with van der Waals surface area (Å²) in [6, 6.07) is 32.8. The first-order valence-electron chi connectivity index (χ1n) is 15.1. The van der Waals surface area contributed by atoms with Gasteiger partial charge in [-0.1, -0.05) is 102 Å². The van der Waals surface area contributed by atoms with E-state index in [9.17, 15) is 4.79 Å². The lowest BCUT2D eigenvalue weighted by Gasteiger charge is -2.09. The van der Waals surface area contributed by atoms with Crippen LogP contribution in [0.5, 0.6) is 11.5 Å². The third-order valence-corrected chi connectivity index (χ3v) is 8.71. The molecule has 0 atom stereocenters. The second kappa shape index (κ2) is 13.9. The fraction of sp³-hybridized carbons (Fsp3) is 0.0526. The molecule has 8 nitrogen and oxygen atoms in total. The highest BCUT2D eigenvalue weighted by molar-refractivity contribution is 7.15. The number of hydrogen-bond donors (Lipinski definition) is 0. The summed E-state index contributed by atoms with van der Waals surface area (Å²) < 4.78 is 15.3. The molecule has 0 aliphatic rings. The number of aromatic nitrogens is 5. The van der Waals surface area contributed by atoms with Crippen molar-refractivity contribution in [1.82, 2.24) is 24.4 Å². The molecule has 236 valence electrons. The van der Waals surface area contributed by atoms with E-state index >= 15 is 0 Å². The Kier molecular flexibility index (Phi) is 8.95. The van der Waals surface area contributed by atoms with Crippen molar-refractivity contribution in [2.45, 2.75) is 6.61 Å². The molecule has 0 fully saturated rings. The third kappa shape index (κ3) is 6.83. The molecule has 0 N–H and O–H groups in total. The number of benzene rings is 4. The smallest absolute Gasteiger partial charge is 0.291 e. The van der Waals surface area contributed by atoms with Crippen LogP contribution in [-0.2, 0) is 6.61 Å². The van der Waals surface area contributed by atoms with Crippen molar-refractivity contribution < 1.29 is 9.47 Å². The van der Waals surface area contributed by atoms with Gasteiger partial charge in [0, 0.05) is 27.9 Å². The second-order valence-corrected chi connectivity index (χ2v) is 12.1. The molecule has 10 heteroatoms. The van der Waals surface area contributed by atoms with E-state index in [-0.39, 0.29) is 5.56 Å². The predicted molar refractivity (Wildman–Crippen MR) is 192 cm³/mol. The molecule has 0 bridgehead atoms. The Morgan fingerprint density at radius 3 is 2.46 bits per heavy atom. The predicted octanol–water partition coefficient (Wildman–Crippen LogP) is 7.52. The van der Waals surface area contributed by atoms with Gasteiger partial charge < -0.3 is 9.47 Å². The summed E-state index contributed by atoms with van der Waals surface area (Å²) in [4.78, 5) is 18.6. The first-order valence-corrected chi connectivity index (χ1v) is 16.3. The van der Waals surface area contributed by atoms with Crippen LogP contribution in [0.3, 0.4) is 0 Å². The maximum absolute atomic E-state index is 13.5. The Morgan fingerprint density at radius 2 is 1.67 bits per heavy atom. The minimum Gasteiger partial charge on any atom is -0.490 e. The van der Waals surface area contributed by atoms with E-state index in [2.05, 4.69) is 16.7 Å². The summed E-state index contributed by atoms with van der Waals surface area (Å²) >= 11 is 7.61. The normalized spacial score (nSPS) is 11.8. The van der Waals surface area contributed by atoms with Gasteiger partial charge in [0.25, 0.3) is 5.56 Å². The van der Waals surface area contributed by atoms with Gasteiger partial charge in [0.05, 0.1) is 10.2 Å². The lowest BCUT2D eigenvalue weighted by atomic mass is 10.1. The summed E-state index contributed by atoms with van der Waals surface area (Å²) in [6.45, 7) is 4.44. The van der Waals surface area contributed by atoms with Crippen molar-refractivity contribution >= 4 is 46.1 Å². The van der Waals surface area contributed by atoms with E-state index in [0.29, 0.717) is 45.0 Å². The van der Waals surface area contributed by atoms with Crippen LogP contribution in [-0.4, -0.2) is 31.0 Å². The average molecular weight is 670 g/mol. The number of thiazole rings is 1. The average Bonchev–Trinajstić information content (AvgIpc) is 3.81. The highest BCUT2D eigenvalue weighted by atomic mass is 35.5. The van der Waals surface area contributed by atoms with E-state index in [1.54, 1.807) is 16.8 Å². The number of halogens is 1. The van der Waals surface area contributed by atoms with Crippen LogP contribution in [0.25, 0.3) is 40.1 Å². The van der Waals surface area contributed by atoms with Crippen LogP contribution >= 0.6 is 22.9 Å². The number of hydrogen-bond acceptors (Lipinski definition) is 7. The standard InChI is InChI=1S/C38H28ClN5O3S/c1-2-21-46-31-18-15-26(16-19-31)17-20-35-40-38-44(41-35)37(45)34(48-38)23-29-24-43(30-11-4-3-5-12-30)42-36(29)27-10-8-13-32(22-27)47-25-28-9-6-7-14-33(28)39/h2-20,22-24H,1,21,25H2/b20-17+,34-23-. The largest absolute Gasteiger partial charge is 0.490 e. The second-order valence-electron chi connectivity index (χ2n) is 10.7. The topological polar surface area (TPSA) is 83.5 Å². The minimum absolute atomic E-state index is 0.249. The SMILES string of the molecule is C=CCOc1ccc(/C=C/c2nc3s/c(=C\c4cn(-c5ccccc5)nc4-c4cccc(OCc5ccccc5Cl)c4)c(=O)n3n2)cc1. The van der Waals surface area contributed by atoms with E-state index in [1.807, 2.05) is 121 Å². The van der Waals surface area contributed by atoms with Gasteiger partial charge in [-0.25, -0.2) is 4.68 Å². The van der Waals surface area contributed by atoms with E-state index in [4.69, 9.17) is 26.2 Å². The summed E-state index contributed by atoms with van der Waals surface area (Å²) in [5, 5.41) is 10.0. The van der Waals surface area contributed by atoms with Gasteiger partial charge in [-0.3, -0.25) is 4.79 Å². The van der Waals surface area contributed by atoms with Crippen molar-refractivity contribution in [2.75, 3.05) is 6.61 Å². The molecular formula is C38H28ClN5O3S. The fourth-order valence-electron chi connectivity index (χ4n) is 5.00. The summed E-state index contributed by atoms with van der Waals surface area (Å²) in [6.07, 6.45) is 9.14. The number of ether oxygens (including phenoxy) is 2. The molecular weight excluding hydrogens is 642 g/mol. The number of para-hydroxylation sites is 1. The molecule has 4 aromatic carbocycles. The van der Waals surface area contributed by atoms with Gasteiger partial charge in [0.2, 0.25) is 4.96 Å². The van der Waals surface area contributed by atoms with Crippen molar-refractivity contribution in [1.29, 1.82) is 0 Å². The van der Waals surface area contributed by atoms with Crippen LogP contribution in [0.1, 0.15) is 22.5 Å². The quantitative estimate of drug-likeness (QED) is 0.133. The zero-order chi connectivity index (χ0) is 32.9. The molecule has 0 spiro atoms. The van der Waals surface area contributed by atoms with Crippen molar-refractivity contribution in [3.05, 3.63) is 164 Å². The Morgan fingerprint density at radius 1 is 0.854 bits per heavy atom. The van der Waals surface area contributed by atoms with Gasteiger partial charge in [0.15, 0.2) is 5.82 Å². The third-order valence-electron chi connectivity index (χ3n) is 7.38. The Hall–Kier alpha value is -5.77. The molecule has 3 aromatic heterocycles. The maximum Gasteiger partial charge on any atom is 0.291 e. The first-order chi connectivity index (χ1) is 23.5. The molecule has 0 saturated carbocycles. The summed E-state index contributed by atoms with van der Waals surface area (Å²) in [5.41, 5.74) is 4.80. The van der Waals surface area contributed by atoms with Crippen molar-refractivity contribution in [2.24, 2.45) is 0 Å². The van der Waals surface area contributed by atoms with Crippen LogP contribution < -0.4 is 19.6 Å². The Labute approximate surface area is 285 Å². The molecule has 0 unspecified atom stereocenters. The highest BCUT2D eigenvalue weighted by Crippen LogP contribution is 2.28. The zero-order valence-corrected chi connectivity index (χ0v) is 27.1. The maximum atomic E-state index is 13.5. The molecule has 0 saturated heterocycles. The fourth-order valence-corrected chi connectivity index (χ4v) is 6.10. The summed E-state index contributed by atoms with van der Waals surface area (Å²) in [5.74, 6) is 1.89. The van der Waals surface area contributed by atoms with Crippen LogP contribution in [0, 0.1) is 0 Å². The molecule has 48 heavy (non-hydrogen) atoms. The van der Waals surface area contributed by atoms with E-state index in [1.165, 1.54) is 15.9 Å². The van der Waals surface area contributed by atoms with Crippen LogP contribution in [0.2, 0.25) is 5.02 Å². The van der Waals surface area contributed by atoms with Gasteiger partial charge >= 0.3 is 0 Å². The van der Waals surface area contributed by atoms with Crippen LogP contribution in [0.4, 0.5) is 0 Å².